The van der Waals surface area contributed by atoms with Crippen LogP contribution >= 0.6 is 11.3 Å². The molecule has 0 bridgehead atoms. The first kappa shape index (κ1) is 15.2. The average Bonchev–Trinajstić information content (AvgIpc) is 3.24. The van der Waals surface area contributed by atoms with Crippen molar-refractivity contribution in [2.75, 3.05) is 19.6 Å². The summed E-state index contributed by atoms with van der Waals surface area (Å²) in [6, 6.07) is 2.35. The first-order valence-corrected chi connectivity index (χ1v) is 8.68. The standard InChI is InChI=1S/C16H22N4OS/c1-3-20-6-4-5-13(20)9-18-16(21)14-7-12(8-17-14)15-10-22-11(2)19-15/h7-8,10,13,17H,3-6,9H2,1-2H3,(H,18,21)/t13-/m1/s1. The summed E-state index contributed by atoms with van der Waals surface area (Å²) in [4.78, 5) is 22.2. The lowest BCUT2D eigenvalue weighted by atomic mass is 10.2. The van der Waals surface area contributed by atoms with E-state index in [1.54, 1.807) is 11.3 Å². The van der Waals surface area contributed by atoms with Gasteiger partial charge in [0.05, 0.1) is 10.7 Å². The van der Waals surface area contributed by atoms with E-state index in [2.05, 4.69) is 27.1 Å². The van der Waals surface area contributed by atoms with Crippen LogP contribution in [0, 0.1) is 6.92 Å². The minimum absolute atomic E-state index is 0.0406. The van der Waals surface area contributed by atoms with Gasteiger partial charge in [0.25, 0.3) is 5.91 Å². The number of H-pyrrole nitrogens is 1. The Morgan fingerprint density at radius 3 is 3.18 bits per heavy atom. The molecule has 118 valence electrons. The van der Waals surface area contributed by atoms with Gasteiger partial charge in [-0.05, 0) is 38.9 Å². The number of nitrogens with zero attached hydrogens (tertiary/aromatic N) is 2. The topological polar surface area (TPSA) is 61.0 Å². The van der Waals surface area contributed by atoms with Gasteiger partial charge in [-0.25, -0.2) is 4.98 Å². The summed E-state index contributed by atoms with van der Waals surface area (Å²) in [5.41, 5.74) is 2.48. The monoisotopic (exact) mass is 318 g/mol. The molecule has 2 aromatic heterocycles. The van der Waals surface area contributed by atoms with E-state index < -0.39 is 0 Å². The molecule has 1 aliphatic heterocycles. The largest absolute Gasteiger partial charge is 0.357 e. The first-order chi connectivity index (χ1) is 10.7. The maximum absolute atomic E-state index is 12.3. The molecule has 22 heavy (non-hydrogen) atoms. The van der Waals surface area contributed by atoms with Crippen LogP contribution in [-0.2, 0) is 0 Å². The lowest BCUT2D eigenvalue weighted by molar-refractivity contribution is 0.0937. The van der Waals surface area contributed by atoms with Gasteiger partial charge in [0, 0.05) is 29.7 Å². The number of likely N-dealkylation sites (tertiary alicyclic amines) is 1. The molecule has 0 saturated carbocycles. The van der Waals surface area contributed by atoms with Crippen LogP contribution in [0.5, 0.6) is 0 Å². The van der Waals surface area contributed by atoms with E-state index in [0.29, 0.717) is 11.7 Å². The second kappa shape index (κ2) is 6.62. The number of carbonyl (C=O) groups excluding carboxylic acids is 1. The molecule has 3 heterocycles. The highest BCUT2D eigenvalue weighted by Gasteiger charge is 2.23. The lowest BCUT2D eigenvalue weighted by Gasteiger charge is -2.22. The molecule has 1 amide bonds. The third-order valence-electron chi connectivity index (χ3n) is 4.25. The average molecular weight is 318 g/mol. The zero-order valence-electron chi connectivity index (χ0n) is 13.1. The molecule has 0 unspecified atom stereocenters. The number of aromatic amines is 1. The van der Waals surface area contributed by atoms with Crippen molar-refractivity contribution in [2.45, 2.75) is 32.7 Å². The zero-order chi connectivity index (χ0) is 15.5. The fourth-order valence-electron chi connectivity index (χ4n) is 3.02. The lowest BCUT2D eigenvalue weighted by Crippen LogP contribution is -2.40. The highest BCUT2D eigenvalue weighted by Crippen LogP contribution is 2.22. The maximum atomic E-state index is 12.3. The van der Waals surface area contributed by atoms with Gasteiger partial charge in [0.15, 0.2) is 0 Å². The van der Waals surface area contributed by atoms with E-state index in [0.717, 1.165) is 35.9 Å². The molecule has 0 aromatic carbocycles. The molecule has 5 nitrogen and oxygen atoms in total. The number of carbonyl (C=O) groups is 1. The molecule has 1 atom stereocenters. The molecule has 1 fully saturated rings. The molecule has 0 spiro atoms. The summed E-state index contributed by atoms with van der Waals surface area (Å²) in [5.74, 6) is -0.0406. The predicted molar refractivity (Wildman–Crippen MR) is 89.2 cm³/mol. The number of thiazole rings is 1. The van der Waals surface area contributed by atoms with Crippen molar-refractivity contribution < 1.29 is 4.79 Å². The fraction of sp³-hybridized carbons (Fsp3) is 0.500. The third-order valence-corrected chi connectivity index (χ3v) is 5.02. The van der Waals surface area contributed by atoms with Crippen molar-refractivity contribution in [1.29, 1.82) is 0 Å². The second-order valence-corrected chi connectivity index (χ2v) is 6.75. The van der Waals surface area contributed by atoms with E-state index in [9.17, 15) is 4.79 Å². The van der Waals surface area contributed by atoms with Crippen LogP contribution in [-0.4, -0.2) is 46.5 Å². The van der Waals surface area contributed by atoms with Crippen LogP contribution in [0.3, 0.4) is 0 Å². The predicted octanol–water partition coefficient (Wildman–Crippen LogP) is 2.66. The van der Waals surface area contributed by atoms with Crippen LogP contribution in [0.4, 0.5) is 0 Å². The number of hydrogen-bond acceptors (Lipinski definition) is 4. The molecule has 1 aliphatic rings. The number of aromatic nitrogens is 2. The Morgan fingerprint density at radius 1 is 1.59 bits per heavy atom. The minimum atomic E-state index is -0.0406. The van der Waals surface area contributed by atoms with Crippen LogP contribution < -0.4 is 5.32 Å². The van der Waals surface area contributed by atoms with E-state index in [1.807, 2.05) is 24.6 Å². The van der Waals surface area contributed by atoms with Gasteiger partial charge >= 0.3 is 0 Å². The SMILES string of the molecule is CCN1CCC[C@@H]1CNC(=O)c1cc(-c2csc(C)n2)c[nH]1. The fourth-order valence-corrected chi connectivity index (χ4v) is 3.64. The highest BCUT2D eigenvalue weighted by molar-refractivity contribution is 7.09. The van der Waals surface area contributed by atoms with E-state index in [4.69, 9.17) is 0 Å². The molecule has 0 radical (unpaired) electrons. The maximum Gasteiger partial charge on any atom is 0.267 e. The number of nitrogens with one attached hydrogen (secondary N) is 2. The van der Waals surface area contributed by atoms with Crippen molar-refractivity contribution >= 4 is 17.2 Å². The van der Waals surface area contributed by atoms with Crippen LogP contribution in [0.1, 0.15) is 35.3 Å². The molecular weight excluding hydrogens is 296 g/mol. The number of likely N-dealkylation sites (N-methyl/N-ethyl adjacent to an activating group) is 1. The smallest absolute Gasteiger partial charge is 0.267 e. The first-order valence-electron chi connectivity index (χ1n) is 7.80. The summed E-state index contributed by atoms with van der Waals surface area (Å²) in [6.07, 6.45) is 4.24. The summed E-state index contributed by atoms with van der Waals surface area (Å²) in [6.45, 7) is 7.07. The summed E-state index contributed by atoms with van der Waals surface area (Å²) >= 11 is 1.62. The van der Waals surface area contributed by atoms with E-state index in [-0.39, 0.29) is 5.91 Å². The number of amides is 1. The van der Waals surface area contributed by atoms with Gasteiger partial charge < -0.3 is 10.3 Å². The molecule has 6 heteroatoms. The Kier molecular flexibility index (Phi) is 4.59. The molecular formula is C16H22N4OS. The van der Waals surface area contributed by atoms with Crippen LogP contribution in [0.25, 0.3) is 11.3 Å². The van der Waals surface area contributed by atoms with Crippen LogP contribution in [0.15, 0.2) is 17.6 Å². The van der Waals surface area contributed by atoms with Gasteiger partial charge in [0.2, 0.25) is 0 Å². The van der Waals surface area contributed by atoms with E-state index >= 15 is 0 Å². The molecule has 2 N–H and O–H groups in total. The Bertz CT molecular complexity index is 648. The van der Waals surface area contributed by atoms with Crippen LogP contribution in [0.2, 0.25) is 0 Å². The summed E-state index contributed by atoms with van der Waals surface area (Å²) in [5, 5.41) is 6.09. The minimum Gasteiger partial charge on any atom is -0.357 e. The summed E-state index contributed by atoms with van der Waals surface area (Å²) in [7, 11) is 0. The van der Waals surface area contributed by atoms with E-state index in [1.165, 1.54) is 12.8 Å². The van der Waals surface area contributed by atoms with Crippen molar-refractivity contribution in [3.63, 3.8) is 0 Å². The Morgan fingerprint density at radius 2 is 2.45 bits per heavy atom. The summed E-state index contributed by atoms with van der Waals surface area (Å²) < 4.78 is 0. The zero-order valence-corrected chi connectivity index (χ0v) is 13.9. The number of rotatable bonds is 5. The van der Waals surface area contributed by atoms with Gasteiger partial charge in [-0.1, -0.05) is 6.92 Å². The van der Waals surface area contributed by atoms with Gasteiger partial charge in [0.1, 0.15) is 5.69 Å². The highest BCUT2D eigenvalue weighted by atomic mass is 32.1. The van der Waals surface area contributed by atoms with Crippen molar-refractivity contribution in [2.24, 2.45) is 0 Å². The molecule has 0 aliphatic carbocycles. The van der Waals surface area contributed by atoms with Crippen molar-refractivity contribution in [3.8, 4) is 11.3 Å². The normalized spacial score (nSPS) is 18.7. The Labute approximate surface area is 134 Å². The second-order valence-electron chi connectivity index (χ2n) is 5.69. The third kappa shape index (κ3) is 3.23. The van der Waals surface area contributed by atoms with Gasteiger partial charge in [-0.2, -0.15) is 0 Å². The van der Waals surface area contributed by atoms with Crippen molar-refractivity contribution in [3.05, 3.63) is 28.3 Å². The molecule has 2 aromatic rings. The quantitative estimate of drug-likeness (QED) is 0.891. The molecule has 3 rings (SSSR count). The van der Waals surface area contributed by atoms with Gasteiger partial charge in [-0.3, -0.25) is 9.69 Å². The Balaban J connectivity index is 1.60. The Hall–Kier alpha value is -1.66. The van der Waals surface area contributed by atoms with Gasteiger partial charge in [-0.15, -0.1) is 11.3 Å². The molecule has 1 saturated heterocycles. The number of aryl methyl sites for hydroxylation is 1. The van der Waals surface area contributed by atoms with Crippen molar-refractivity contribution in [1.82, 2.24) is 20.2 Å². The number of hydrogen-bond donors (Lipinski definition) is 2.